The molecule has 0 radical (unpaired) electrons. The number of rotatable bonds is 4. The summed E-state index contributed by atoms with van der Waals surface area (Å²) in [5.41, 5.74) is 2.53. The average molecular weight is 429 g/mol. The highest BCUT2D eigenvalue weighted by atomic mass is 32.2. The van der Waals surface area contributed by atoms with Crippen LogP contribution in [0.2, 0.25) is 0 Å². The third-order valence-electron chi connectivity index (χ3n) is 6.21. The first-order valence-electron chi connectivity index (χ1n) is 10.4. The molecule has 0 unspecified atom stereocenters. The Hall–Kier alpha value is -2.38. The van der Waals surface area contributed by atoms with Crippen molar-refractivity contribution >= 4 is 15.9 Å². The largest absolute Gasteiger partial charge is 0.496 e. The van der Waals surface area contributed by atoms with E-state index in [1.54, 1.807) is 11.0 Å². The molecule has 0 bridgehead atoms. The Morgan fingerprint density at radius 1 is 1.03 bits per heavy atom. The maximum Gasteiger partial charge on any atom is 0.257 e. The molecule has 0 aromatic heterocycles. The van der Waals surface area contributed by atoms with Crippen LogP contribution >= 0.6 is 0 Å². The first-order chi connectivity index (χ1) is 14.4. The normalized spacial score (nSPS) is 18.1. The highest BCUT2D eigenvalue weighted by molar-refractivity contribution is 7.89. The Morgan fingerprint density at radius 3 is 2.43 bits per heavy atom. The number of sulfonamides is 1. The molecular weight excluding hydrogens is 400 g/mol. The number of piperidine rings is 1. The summed E-state index contributed by atoms with van der Waals surface area (Å²) in [6.07, 6.45) is 2.60. The van der Waals surface area contributed by atoms with Gasteiger partial charge in [0.2, 0.25) is 10.0 Å². The van der Waals surface area contributed by atoms with Crippen LogP contribution in [0.5, 0.6) is 5.75 Å². The van der Waals surface area contributed by atoms with Gasteiger partial charge >= 0.3 is 0 Å². The van der Waals surface area contributed by atoms with E-state index in [1.165, 1.54) is 29.1 Å². The molecule has 2 aliphatic heterocycles. The lowest BCUT2D eigenvalue weighted by atomic mass is 9.98. The lowest BCUT2D eigenvalue weighted by Crippen LogP contribution is -2.38. The van der Waals surface area contributed by atoms with Gasteiger partial charge in [-0.1, -0.05) is 31.2 Å². The Kier molecular flexibility index (Phi) is 5.84. The second kappa shape index (κ2) is 8.40. The first kappa shape index (κ1) is 20.9. The zero-order valence-electron chi connectivity index (χ0n) is 17.5. The second-order valence-electron chi connectivity index (χ2n) is 8.19. The van der Waals surface area contributed by atoms with Crippen molar-refractivity contribution in [2.24, 2.45) is 5.92 Å². The number of methoxy groups -OCH3 is 1. The zero-order valence-corrected chi connectivity index (χ0v) is 18.3. The van der Waals surface area contributed by atoms with Crippen LogP contribution in [-0.4, -0.2) is 50.3 Å². The van der Waals surface area contributed by atoms with Gasteiger partial charge < -0.3 is 9.64 Å². The topological polar surface area (TPSA) is 66.9 Å². The van der Waals surface area contributed by atoms with Crippen molar-refractivity contribution in [3.8, 4) is 5.75 Å². The monoisotopic (exact) mass is 428 g/mol. The molecule has 1 saturated heterocycles. The maximum atomic E-state index is 13.4. The summed E-state index contributed by atoms with van der Waals surface area (Å²) >= 11 is 0. The summed E-state index contributed by atoms with van der Waals surface area (Å²) in [7, 11) is -2.22. The number of hydrogen-bond acceptors (Lipinski definition) is 4. The van der Waals surface area contributed by atoms with Gasteiger partial charge in [0.25, 0.3) is 5.91 Å². The smallest absolute Gasteiger partial charge is 0.257 e. The Morgan fingerprint density at radius 2 is 1.73 bits per heavy atom. The molecule has 0 atom stereocenters. The van der Waals surface area contributed by atoms with Gasteiger partial charge in [-0.05, 0) is 54.5 Å². The fourth-order valence-electron chi connectivity index (χ4n) is 4.22. The van der Waals surface area contributed by atoms with Crippen LogP contribution in [0.1, 0.15) is 41.3 Å². The van der Waals surface area contributed by atoms with E-state index in [9.17, 15) is 13.2 Å². The number of amides is 1. The van der Waals surface area contributed by atoms with Gasteiger partial charge in [0.15, 0.2) is 0 Å². The quantitative estimate of drug-likeness (QED) is 0.749. The van der Waals surface area contributed by atoms with Crippen molar-refractivity contribution in [3.63, 3.8) is 0 Å². The summed E-state index contributed by atoms with van der Waals surface area (Å²) in [6, 6.07) is 12.5. The van der Waals surface area contributed by atoms with Gasteiger partial charge in [0.05, 0.1) is 17.6 Å². The number of carbonyl (C=O) groups excluding carboxylic acids is 1. The molecule has 160 valence electrons. The third kappa shape index (κ3) is 3.96. The molecule has 30 heavy (non-hydrogen) atoms. The minimum absolute atomic E-state index is 0.136. The number of likely N-dealkylation sites (tertiary alicyclic amines) is 1. The highest BCUT2D eigenvalue weighted by Crippen LogP contribution is 2.30. The lowest BCUT2D eigenvalue weighted by molar-refractivity contribution is 0.0693. The van der Waals surface area contributed by atoms with Crippen LogP contribution in [0.3, 0.4) is 0 Å². The Bertz CT molecular complexity index is 1040. The maximum absolute atomic E-state index is 13.4. The summed E-state index contributed by atoms with van der Waals surface area (Å²) < 4.78 is 33.6. The van der Waals surface area contributed by atoms with Gasteiger partial charge in [-0.3, -0.25) is 4.79 Å². The predicted molar refractivity (Wildman–Crippen MR) is 115 cm³/mol. The summed E-state index contributed by atoms with van der Waals surface area (Å²) in [4.78, 5) is 15.1. The van der Waals surface area contributed by atoms with Crippen LogP contribution in [0, 0.1) is 5.92 Å². The molecule has 0 spiro atoms. The molecule has 0 saturated carbocycles. The number of benzene rings is 2. The fraction of sp³-hybridized carbons (Fsp3) is 0.435. The number of carbonyl (C=O) groups is 1. The number of hydrogen-bond donors (Lipinski definition) is 0. The fourth-order valence-corrected chi connectivity index (χ4v) is 5.67. The number of nitrogens with zero attached hydrogens (tertiary/aromatic N) is 2. The Labute approximate surface area is 178 Å². The summed E-state index contributed by atoms with van der Waals surface area (Å²) in [5.74, 6) is 0.839. The lowest BCUT2D eigenvalue weighted by Gasteiger charge is -2.31. The molecule has 0 aliphatic carbocycles. The average Bonchev–Trinajstić information content (AvgIpc) is 2.78. The van der Waals surface area contributed by atoms with Gasteiger partial charge in [-0.15, -0.1) is 0 Å². The van der Waals surface area contributed by atoms with Crippen molar-refractivity contribution in [3.05, 3.63) is 59.2 Å². The molecule has 7 heteroatoms. The van der Waals surface area contributed by atoms with Gasteiger partial charge in [0.1, 0.15) is 5.75 Å². The van der Waals surface area contributed by atoms with E-state index in [0.717, 1.165) is 18.4 Å². The Balaban J connectivity index is 1.63. The van der Waals surface area contributed by atoms with Crippen LogP contribution in [-0.2, 0) is 23.0 Å². The van der Waals surface area contributed by atoms with E-state index < -0.39 is 10.0 Å². The van der Waals surface area contributed by atoms with Gasteiger partial charge in [-0.25, -0.2) is 8.42 Å². The predicted octanol–water partition coefficient (Wildman–Crippen LogP) is 3.31. The van der Waals surface area contributed by atoms with E-state index >= 15 is 0 Å². The molecule has 1 fully saturated rings. The van der Waals surface area contributed by atoms with Crippen molar-refractivity contribution < 1.29 is 17.9 Å². The molecular formula is C23H28N2O4S. The zero-order chi connectivity index (χ0) is 21.3. The van der Waals surface area contributed by atoms with Crippen LogP contribution in [0.25, 0.3) is 0 Å². The van der Waals surface area contributed by atoms with E-state index in [0.29, 0.717) is 49.8 Å². The standard InChI is InChI=1S/C23H28N2O4S/c1-17-9-12-24(13-10-17)23(26)21-15-20(7-8-22(21)29-2)30(27,28)25-14-11-18-5-3-4-6-19(18)16-25/h3-8,15,17H,9-14,16H2,1-2H3. The highest BCUT2D eigenvalue weighted by Gasteiger charge is 2.31. The van der Waals surface area contributed by atoms with Crippen molar-refractivity contribution in [1.29, 1.82) is 0 Å². The third-order valence-corrected chi connectivity index (χ3v) is 8.05. The molecule has 2 aromatic rings. The van der Waals surface area contributed by atoms with Crippen molar-refractivity contribution in [1.82, 2.24) is 9.21 Å². The SMILES string of the molecule is COc1ccc(S(=O)(=O)N2CCc3ccccc3C2)cc1C(=O)N1CCC(C)CC1. The molecule has 2 heterocycles. The minimum Gasteiger partial charge on any atom is -0.496 e. The van der Waals surface area contributed by atoms with E-state index in [-0.39, 0.29) is 10.8 Å². The summed E-state index contributed by atoms with van der Waals surface area (Å²) in [5, 5.41) is 0. The van der Waals surface area contributed by atoms with Crippen LogP contribution in [0.4, 0.5) is 0 Å². The van der Waals surface area contributed by atoms with E-state index in [4.69, 9.17) is 4.74 Å². The molecule has 6 nitrogen and oxygen atoms in total. The minimum atomic E-state index is -3.72. The van der Waals surface area contributed by atoms with E-state index in [2.05, 4.69) is 6.92 Å². The first-order valence-corrected chi connectivity index (χ1v) is 11.9. The van der Waals surface area contributed by atoms with Crippen molar-refractivity contribution in [2.45, 2.75) is 37.6 Å². The van der Waals surface area contributed by atoms with Gasteiger partial charge in [0, 0.05) is 26.2 Å². The van der Waals surface area contributed by atoms with Gasteiger partial charge in [-0.2, -0.15) is 4.31 Å². The molecule has 4 rings (SSSR count). The molecule has 0 N–H and O–H groups in total. The summed E-state index contributed by atoms with van der Waals surface area (Å²) in [6.45, 7) is 4.33. The van der Waals surface area contributed by atoms with Crippen molar-refractivity contribution in [2.75, 3.05) is 26.7 Å². The molecule has 2 aliphatic rings. The molecule has 2 aromatic carbocycles. The van der Waals surface area contributed by atoms with E-state index in [1.807, 2.05) is 24.3 Å². The van der Waals surface area contributed by atoms with Crippen LogP contribution < -0.4 is 4.74 Å². The number of fused-ring (bicyclic) bond motifs is 1. The van der Waals surface area contributed by atoms with Crippen LogP contribution in [0.15, 0.2) is 47.4 Å². The second-order valence-corrected chi connectivity index (χ2v) is 10.1. The number of ether oxygens (including phenoxy) is 1. The molecule has 1 amide bonds.